The van der Waals surface area contributed by atoms with Gasteiger partial charge in [0.05, 0.1) is 6.10 Å². The number of anilines is 1. The minimum atomic E-state index is -0.176. The van der Waals surface area contributed by atoms with E-state index in [1.807, 2.05) is 18.2 Å². The zero-order chi connectivity index (χ0) is 13.6. The summed E-state index contributed by atoms with van der Waals surface area (Å²) >= 11 is 3.43. The molecule has 3 nitrogen and oxygen atoms in total. The molecule has 1 N–H and O–H groups in total. The smallest absolute Gasteiger partial charge is 0.161 e. The van der Waals surface area contributed by atoms with Crippen molar-refractivity contribution in [1.82, 2.24) is 0 Å². The normalized spacial score (nSPS) is 29.6. The van der Waals surface area contributed by atoms with Crippen LogP contribution in [0.25, 0.3) is 0 Å². The van der Waals surface area contributed by atoms with Crippen LogP contribution in [0.1, 0.15) is 43.0 Å². The molecular weight excluding hydrogens is 306 g/mol. The zero-order valence-corrected chi connectivity index (χ0v) is 12.6. The molecule has 2 fully saturated rings. The van der Waals surface area contributed by atoms with Crippen LogP contribution in [-0.4, -0.2) is 29.1 Å². The molecular formula is C15H18BrNO2. The summed E-state index contributed by atoms with van der Waals surface area (Å²) in [5.74, 6) is 0.0989. The van der Waals surface area contributed by atoms with Crippen LogP contribution in [0.5, 0.6) is 0 Å². The largest absolute Gasteiger partial charge is 0.393 e. The number of fused-ring (bicyclic) bond motifs is 2. The Hall–Kier alpha value is -0.870. The highest BCUT2D eigenvalue weighted by Gasteiger charge is 2.41. The molecule has 1 aromatic carbocycles. The van der Waals surface area contributed by atoms with Gasteiger partial charge in [0, 0.05) is 27.8 Å². The van der Waals surface area contributed by atoms with Gasteiger partial charge in [-0.05, 0) is 50.8 Å². The van der Waals surface area contributed by atoms with E-state index in [1.165, 1.54) is 0 Å². The predicted molar refractivity (Wildman–Crippen MR) is 78.7 cm³/mol. The number of benzene rings is 1. The van der Waals surface area contributed by atoms with Gasteiger partial charge < -0.3 is 10.0 Å². The molecule has 19 heavy (non-hydrogen) atoms. The number of Topliss-reactive ketones (excluding diaryl/α,β-unsaturated/α-hetero) is 1. The Labute approximate surface area is 121 Å². The predicted octanol–water partition coefficient (Wildman–Crippen LogP) is 3.14. The van der Waals surface area contributed by atoms with Gasteiger partial charge in [-0.15, -0.1) is 0 Å². The summed E-state index contributed by atoms with van der Waals surface area (Å²) < 4.78 is 0.936. The number of aliphatic hydroxyl groups excluding tert-OH is 1. The fourth-order valence-electron chi connectivity index (χ4n) is 3.56. The number of ketones is 1. The molecule has 2 atom stereocenters. The third-order valence-electron chi connectivity index (χ3n) is 4.32. The molecule has 2 aliphatic heterocycles. The number of piperidine rings is 1. The number of hydrogen-bond donors (Lipinski definition) is 1. The lowest BCUT2D eigenvalue weighted by atomic mass is 9.97. The number of hydrogen-bond acceptors (Lipinski definition) is 3. The Balaban J connectivity index is 2.01. The van der Waals surface area contributed by atoms with Gasteiger partial charge in [0.1, 0.15) is 0 Å². The minimum absolute atomic E-state index is 0.0989. The van der Waals surface area contributed by atoms with Crippen molar-refractivity contribution < 1.29 is 9.90 Å². The first-order chi connectivity index (χ1) is 9.06. The molecule has 0 aromatic heterocycles. The van der Waals surface area contributed by atoms with Gasteiger partial charge in [0.25, 0.3) is 0 Å². The second-order valence-electron chi connectivity index (χ2n) is 5.64. The van der Waals surface area contributed by atoms with Crippen molar-refractivity contribution in [3.8, 4) is 0 Å². The van der Waals surface area contributed by atoms with Gasteiger partial charge in [-0.2, -0.15) is 0 Å². The lowest BCUT2D eigenvalue weighted by molar-refractivity contribution is 0.101. The number of aliphatic hydroxyl groups is 1. The molecule has 0 spiro atoms. The van der Waals surface area contributed by atoms with Crippen LogP contribution in [0.2, 0.25) is 0 Å². The van der Waals surface area contributed by atoms with Gasteiger partial charge in [0.15, 0.2) is 5.78 Å². The van der Waals surface area contributed by atoms with E-state index in [2.05, 4.69) is 20.8 Å². The zero-order valence-electron chi connectivity index (χ0n) is 11.0. The fraction of sp³-hybridized carbons (Fsp3) is 0.533. The molecule has 0 saturated carbocycles. The third kappa shape index (κ3) is 2.32. The molecule has 2 heterocycles. The van der Waals surface area contributed by atoms with Crippen LogP contribution in [0.3, 0.4) is 0 Å². The molecule has 102 valence electrons. The van der Waals surface area contributed by atoms with Crippen molar-refractivity contribution in [1.29, 1.82) is 0 Å². The topological polar surface area (TPSA) is 40.5 Å². The number of carbonyl (C=O) groups excluding carboxylic acids is 1. The van der Waals surface area contributed by atoms with Crippen molar-refractivity contribution in [3.05, 3.63) is 28.2 Å². The van der Waals surface area contributed by atoms with E-state index in [9.17, 15) is 9.90 Å². The van der Waals surface area contributed by atoms with E-state index < -0.39 is 0 Å². The minimum Gasteiger partial charge on any atom is -0.393 e. The Morgan fingerprint density at radius 3 is 2.53 bits per heavy atom. The summed E-state index contributed by atoms with van der Waals surface area (Å²) in [6.07, 6.45) is 3.71. The van der Waals surface area contributed by atoms with Crippen LogP contribution in [0.4, 0.5) is 5.69 Å². The molecule has 2 aliphatic rings. The Morgan fingerprint density at radius 2 is 1.95 bits per heavy atom. The Bertz CT molecular complexity index is 503. The van der Waals surface area contributed by atoms with E-state index in [0.717, 1.165) is 41.4 Å². The van der Waals surface area contributed by atoms with Gasteiger partial charge in [0.2, 0.25) is 0 Å². The third-order valence-corrected chi connectivity index (χ3v) is 4.82. The molecule has 3 rings (SSSR count). The summed E-state index contributed by atoms with van der Waals surface area (Å²) in [6.45, 7) is 1.62. The summed E-state index contributed by atoms with van der Waals surface area (Å²) in [5, 5.41) is 9.88. The van der Waals surface area contributed by atoms with Crippen molar-refractivity contribution in [2.45, 2.75) is 50.8 Å². The van der Waals surface area contributed by atoms with Crippen LogP contribution in [-0.2, 0) is 0 Å². The lowest BCUT2D eigenvalue weighted by Gasteiger charge is -2.39. The first kappa shape index (κ1) is 13.1. The number of carbonyl (C=O) groups is 1. The van der Waals surface area contributed by atoms with Crippen molar-refractivity contribution in [2.75, 3.05) is 4.90 Å². The maximum Gasteiger partial charge on any atom is 0.161 e. The van der Waals surface area contributed by atoms with Crippen molar-refractivity contribution in [2.24, 2.45) is 0 Å². The first-order valence-corrected chi connectivity index (χ1v) is 7.62. The Morgan fingerprint density at radius 1 is 1.32 bits per heavy atom. The second-order valence-corrected chi connectivity index (χ2v) is 6.55. The maximum absolute atomic E-state index is 11.9. The van der Waals surface area contributed by atoms with Crippen molar-refractivity contribution in [3.63, 3.8) is 0 Å². The van der Waals surface area contributed by atoms with Gasteiger partial charge in [-0.25, -0.2) is 0 Å². The van der Waals surface area contributed by atoms with Gasteiger partial charge in [-0.1, -0.05) is 15.9 Å². The van der Waals surface area contributed by atoms with Gasteiger partial charge in [-0.3, -0.25) is 4.79 Å². The van der Waals surface area contributed by atoms with Crippen LogP contribution < -0.4 is 4.90 Å². The Kier molecular flexibility index (Phi) is 3.39. The van der Waals surface area contributed by atoms with E-state index in [1.54, 1.807) is 6.92 Å². The van der Waals surface area contributed by atoms with E-state index in [4.69, 9.17) is 0 Å². The molecule has 2 unspecified atom stereocenters. The maximum atomic E-state index is 11.9. The summed E-state index contributed by atoms with van der Waals surface area (Å²) in [7, 11) is 0. The van der Waals surface area contributed by atoms with E-state index >= 15 is 0 Å². The number of halogens is 1. The second kappa shape index (κ2) is 4.91. The molecule has 1 aromatic rings. The molecule has 0 radical (unpaired) electrons. The summed E-state index contributed by atoms with van der Waals surface area (Å²) in [4.78, 5) is 14.2. The SMILES string of the molecule is CC(=O)c1cc(Br)ccc1N1C2CCC1CC(O)C2. The quantitative estimate of drug-likeness (QED) is 0.850. The first-order valence-electron chi connectivity index (χ1n) is 6.83. The van der Waals surface area contributed by atoms with E-state index in [-0.39, 0.29) is 11.9 Å². The summed E-state index contributed by atoms with van der Waals surface area (Å²) in [6, 6.07) is 6.69. The fourth-order valence-corrected chi connectivity index (χ4v) is 3.92. The van der Waals surface area contributed by atoms with Crippen molar-refractivity contribution >= 4 is 27.4 Å². The van der Waals surface area contributed by atoms with Gasteiger partial charge >= 0.3 is 0 Å². The standard InChI is InChI=1S/C15H18BrNO2/c1-9(18)14-6-10(16)2-5-15(14)17-11-3-4-12(17)8-13(19)7-11/h2,5-6,11-13,19H,3-4,7-8H2,1H3. The van der Waals surface area contributed by atoms with Crippen LogP contribution in [0, 0.1) is 0 Å². The van der Waals surface area contributed by atoms with E-state index in [0.29, 0.717) is 12.1 Å². The van der Waals surface area contributed by atoms with Crippen LogP contribution in [0.15, 0.2) is 22.7 Å². The monoisotopic (exact) mass is 323 g/mol. The lowest BCUT2D eigenvalue weighted by Crippen LogP contribution is -2.45. The molecule has 2 saturated heterocycles. The number of rotatable bonds is 2. The highest BCUT2D eigenvalue weighted by atomic mass is 79.9. The average molecular weight is 324 g/mol. The average Bonchev–Trinajstić information content (AvgIpc) is 2.62. The molecule has 0 aliphatic carbocycles. The highest BCUT2D eigenvalue weighted by Crippen LogP contribution is 2.41. The molecule has 2 bridgehead atoms. The molecule has 4 heteroatoms. The van der Waals surface area contributed by atoms with Crippen LogP contribution >= 0.6 is 15.9 Å². The molecule has 0 amide bonds. The highest BCUT2D eigenvalue weighted by molar-refractivity contribution is 9.10. The number of nitrogens with zero attached hydrogens (tertiary/aromatic N) is 1. The summed E-state index contributed by atoms with van der Waals surface area (Å²) in [5.41, 5.74) is 1.82.